The SMILES string of the molecule is CCCCCC=CC1CC1C(=O)OCC. The van der Waals surface area contributed by atoms with Crippen molar-refractivity contribution in [1.29, 1.82) is 0 Å². The summed E-state index contributed by atoms with van der Waals surface area (Å²) >= 11 is 0. The summed E-state index contributed by atoms with van der Waals surface area (Å²) in [6, 6.07) is 0. The Bertz CT molecular complexity index is 221. The molecule has 2 unspecified atom stereocenters. The zero-order chi connectivity index (χ0) is 11.1. The van der Waals surface area contributed by atoms with Crippen LogP contribution in [0.25, 0.3) is 0 Å². The highest BCUT2D eigenvalue weighted by Gasteiger charge is 2.42. The number of hydrogen-bond donors (Lipinski definition) is 0. The lowest BCUT2D eigenvalue weighted by atomic mass is 10.2. The van der Waals surface area contributed by atoms with Gasteiger partial charge < -0.3 is 4.74 Å². The zero-order valence-electron chi connectivity index (χ0n) is 9.87. The van der Waals surface area contributed by atoms with Crippen molar-refractivity contribution in [3.63, 3.8) is 0 Å². The molecule has 1 rings (SSSR count). The Balaban J connectivity index is 2.07. The van der Waals surface area contributed by atoms with Crippen LogP contribution < -0.4 is 0 Å². The molecule has 2 atom stereocenters. The lowest BCUT2D eigenvalue weighted by Gasteiger charge is -1.97. The van der Waals surface area contributed by atoms with Crippen LogP contribution in [0.1, 0.15) is 46.0 Å². The van der Waals surface area contributed by atoms with Gasteiger partial charge in [0.25, 0.3) is 0 Å². The number of carbonyl (C=O) groups excluding carboxylic acids is 1. The molecular weight excluding hydrogens is 188 g/mol. The largest absolute Gasteiger partial charge is 0.466 e. The van der Waals surface area contributed by atoms with Gasteiger partial charge in [-0.25, -0.2) is 0 Å². The van der Waals surface area contributed by atoms with Gasteiger partial charge in [0.05, 0.1) is 12.5 Å². The van der Waals surface area contributed by atoms with Crippen LogP contribution in [0.3, 0.4) is 0 Å². The second-order valence-electron chi connectivity index (χ2n) is 4.18. The van der Waals surface area contributed by atoms with Crippen molar-refractivity contribution in [2.75, 3.05) is 6.61 Å². The maximum atomic E-state index is 11.3. The molecule has 0 amide bonds. The average molecular weight is 210 g/mol. The number of esters is 1. The third-order valence-electron chi connectivity index (χ3n) is 2.79. The molecule has 15 heavy (non-hydrogen) atoms. The van der Waals surface area contributed by atoms with E-state index in [1.807, 2.05) is 6.92 Å². The average Bonchev–Trinajstić information content (AvgIpc) is 2.97. The Labute approximate surface area is 92.7 Å². The van der Waals surface area contributed by atoms with E-state index in [0.717, 1.165) is 12.8 Å². The van der Waals surface area contributed by atoms with Gasteiger partial charge in [0, 0.05) is 0 Å². The minimum atomic E-state index is -0.0132. The second-order valence-corrected chi connectivity index (χ2v) is 4.18. The highest BCUT2D eigenvalue weighted by atomic mass is 16.5. The smallest absolute Gasteiger partial charge is 0.309 e. The van der Waals surface area contributed by atoms with Gasteiger partial charge in [0.2, 0.25) is 0 Å². The lowest BCUT2D eigenvalue weighted by molar-refractivity contribution is -0.144. The summed E-state index contributed by atoms with van der Waals surface area (Å²) in [7, 11) is 0. The van der Waals surface area contributed by atoms with E-state index >= 15 is 0 Å². The van der Waals surface area contributed by atoms with E-state index in [0.29, 0.717) is 12.5 Å². The lowest BCUT2D eigenvalue weighted by Crippen LogP contribution is -2.06. The minimum absolute atomic E-state index is 0.0132. The van der Waals surface area contributed by atoms with E-state index in [-0.39, 0.29) is 11.9 Å². The van der Waals surface area contributed by atoms with E-state index in [1.54, 1.807) is 0 Å². The van der Waals surface area contributed by atoms with E-state index in [4.69, 9.17) is 4.74 Å². The second kappa shape index (κ2) is 6.65. The minimum Gasteiger partial charge on any atom is -0.466 e. The van der Waals surface area contributed by atoms with Crippen LogP contribution in [0.15, 0.2) is 12.2 Å². The molecule has 1 saturated carbocycles. The summed E-state index contributed by atoms with van der Waals surface area (Å²) in [5.74, 6) is 0.610. The summed E-state index contributed by atoms with van der Waals surface area (Å²) < 4.78 is 4.97. The number of allylic oxidation sites excluding steroid dienone is 2. The van der Waals surface area contributed by atoms with Gasteiger partial charge in [0.1, 0.15) is 0 Å². The van der Waals surface area contributed by atoms with Crippen LogP contribution in [0.5, 0.6) is 0 Å². The summed E-state index contributed by atoms with van der Waals surface area (Å²) in [4.78, 5) is 11.3. The number of rotatable bonds is 7. The van der Waals surface area contributed by atoms with Crippen molar-refractivity contribution in [2.24, 2.45) is 11.8 Å². The fraction of sp³-hybridized carbons (Fsp3) is 0.769. The Hall–Kier alpha value is -0.790. The van der Waals surface area contributed by atoms with Gasteiger partial charge in [-0.05, 0) is 32.1 Å². The third-order valence-corrected chi connectivity index (χ3v) is 2.79. The molecule has 0 saturated heterocycles. The van der Waals surface area contributed by atoms with Crippen LogP contribution in [0.4, 0.5) is 0 Å². The number of hydrogen-bond acceptors (Lipinski definition) is 2. The van der Waals surface area contributed by atoms with Crippen LogP contribution in [0, 0.1) is 11.8 Å². The monoisotopic (exact) mass is 210 g/mol. The zero-order valence-corrected chi connectivity index (χ0v) is 9.87. The van der Waals surface area contributed by atoms with Crippen LogP contribution in [0.2, 0.25) is 0 Å². The maximum Gasteiger partial charge on any atom is 0.309 e. The summed E-state index contributed by atoms with van der Waals surface area (Å²) in [5, 5.41) is 0. The molecule has 0 aromatic rings. The molecule has 1 aliphatic rings. The Morgan fingerprint density at radius 3 is 2.87 bits per heavy atom. The predicted octanol–water partition coefficient (Wildman–Crippen LogP) is 3.32. The summed E-state index contributed by atoms with van der Waals surface area (Å²) in [6.07, 6.45) is 10.4. The number of unbranched alkanes of at least 4 members (excludes halogenated alkanes) is 3. The third kappa shape index (κ3) is 4.50. The summed E-state index contributed by atoms with van der Waals surface area (Å²) in [6.45, 7) is 4.57. The van der Waals surface area contributed by atoms with Crippen LogP contribution in [-0.4, -0.2) is 12.6 Å². The molecule has 0 aromatic heterocycles. The first-order valence-electron chi connectivity index (χ1n) is 6.12. The molecule has 0 radical (unpaired) electrons. The van der Waals surface area contributed by atoms with Crippen molar-refractivity contribution in [3.8, 4) is 0 Å². The standard InChI is InChI=1S/C13H22O2/c1-3-5-6-7-8-9-11-10-12(11)13(14)15-4-2/h8-9,11-12H,3-7,10H2,1-2H3. The molecule has 0 N–H and O–H groups in total. The van der Waals surface area contributed by atoms with Crippen molar-refractivity contribution >= 4 is 5.97 Å². The van der Waals surface area contributed by atoms with Gasteiger partial charge in [-0.15, -0.1) is 0 Å². The maximum absolute atomic E-state index is 11.3. The Morgan fingerprint density at radius 1 is 1.40 bits per heavy atom. The molecule has 1 aliphatic carbocycles. The highest BCUT2D eigenvalue weighted by molar-refractivity contribution is 5.76. The normalized spacial score (nSPS) is 24.4. The topological polar surface area (TPSA) is 26.3 Å². The van der Waals surface area contributed by atoms with Crippen LogP contribution in [-0.2, 0) is 9.53 Å². The summed E-state index contributed by atoms with van der Waals surface area (Å²) in [5.41, 5.74) is 0. The molecule has 2 nitrogen and oxygen atoms in total. The first kappa shape index (κ1) is 12.3. The van der Waals surface area contributed by atoms with Crippen molar-refractivity contribution < 1.29 is 9.53 Å². The molecule has 0 bridgehead atoms. The number of ether oxygens (including phenoxy) is 1. The molecule has 0 aromatic carbocycles. The predicted molar refractivity (Wildman–Crippen MR) is 61.5 cm³/mol. The van der Waals surface area contributed by atoms with Crippen molar-refractivity contribution in [1.82, 2.24) is 0 Å². The molecule has 0 spiro atoms. The van der Waals surface area contributed by atoms with Crippen LogP contribution >= 0.6 is 0 Å². The highest BCUT2D eigenvalue weighted by Crippen LogP contribution is 2.40. The number of carbonyl (C=O) groups is 1. The fourth-order valence-electron chi connectivity index (χ4n) is 1.73. The van der Waals surface area contributed by atoms with Gasteiger partial charge >= 0.3 is 5.97 Å². The van der Waals surface area contributed by atoms with Gasteiger partial charge in [-0.1, -0.05) is 31.9 Å². The van der Waals surface area contributed by atoms with Gasteiger partial charge in [0.15, 0.2) is 0 Å². The van der Waals surface area contributed by atoms with E-state index in [1.165, 1.54) is 19.3 Å². The van der Waals surface area contributed by atoms with Crippen molar-refractivity contribution in [3.05, 3.63) is 12.2 Å². The van der Waals surface area contributed by atoms with E-state index in [2.05, 4.69) is 19.1 Å². The molecule has 2 heteroatoms. The van der Waals surface area contributed by atoms with Gasteiger partial charge in [-0.2, -0.15) is 0 Å². The first-order chi connectivity index (χ1) is 7.29. The first-order valence-corrected chi connectivity index (χ1v) is 6.12. The molecular formula is C13H22O2. The molecule has 86 valence electrons. The molecule has 0 aliphatic heterocycles. The van der Waals surface area contributed by atoms with E-state index < -0.39 is 0 Å². The van der Waals surface area contributed by atoms with Gasteiger partial charge in [-0.3, -0.25) is 4.79 Å². The van der Waals surface area contributed by atoms with Crippen molar-refractivity contribution in [2.45, 2.75) is 46.0 Å². The molecule has 0 heterocycles. The molecule has 1 fully saturated rings. The van der Waals surface area contributed by atoms with E-state index in [9.17, 15) is 4.79 Å². The Morgan fingerprint density at radius 2 is 2.20 bits per heavy atom. The Kier molecular flexibility index (Phi) is 5.44. The quantitative estimate of drug-likeness (QED) is 0.366. The fourth-order valence-corrected chi connectivity index (χ4v) is 1.73.